The highest BCUT2D eigenvalue weighted by molar-refractivity contribution is 5.35. The van der Waals surface area contributed by atoms with Gasteiger partial charge in [-0.3, -0.25) is 9.88 Å². The SMILES string of the molecule is COc1ccc2c(n1)CCN([C@H](C)c1cnc3c(c1)OCC3)CC2. The molecule has 2 aliphatic heterocycles. The van der Waals surface area contributed by atoms with E-state index in [1.807, 2.05) is 12.3 Å². The highest BCUT2D eigenvalue weighted by atomic mass is 16.5. The van der Waals surface area contributed by atoms with Crippen LogP contribution in [0, 0.1) is 0 Å². The quantitative estimate of drug-likeness (QED) is 0.868. The summed E-state index contributed by atoms with van der Waals surface area (Å²) in [6, 6.07) is 6.60. The van der Waals surface area contributed by atoms with Gasteiger partial charge in [0.15, 0.2) is 0 Å². The number of rotatable bonds is 3. The fourth-order valence-electron chi connectivity index (χ4n) is 3.58. The molecule has 0 saturated heterocycles. The molecule has 4 rings (SSSR count). The first-order valence-electron chi connectivity index (χ1n) is 8.63. The van der Waals surface area contributed by atoms with Gasteiger partial charge in [0.25, 0.3) is 0 Å². The normalized spacial score (nSPS) is 18.2. The summed E-state index contributed by atoms with van der Waals surface area (Å²) in [5.74, 6) is 1.67. The Morgan fingerprint density at radius 3 is 2.92 bits per heavy atom. The zero-order valence-electron chi connectivity index (χ0n) is 14.3. The molecule has 2 aliphatic rings. The lowest BCUT2D eigenvalue weighted by atomic mass is 10.1. The first kappa shape index (κ1) is 15.4. The van der Waals surface area contributed by atoms with Crippen LogP contribution in [-0.4, -0.2) is 41.7 Å². The Hall–Kier alpha value is -2.14. The minimum Gasteiger partial charge on any atom is -0.491 e. The van der Waals surface area contributed by atoms with Crippen LogP contribution in [0.3, 0.4) is 0 Å². The molecule has 0 aromatic carbocycles. The third-order valence-corrected chi connectivity index (χ3v) is 5.13. The van der Waals surface area contributed by atoms with Gasteiger partial charge in [0, 0.05) is 49.9 Å². The van der Waals surface area contributed by atoms with Gasteiger partial charge in [0.1, 0.15) is 5.75 Å². The Kier molecular flexibility index (Phi) is 4.10. The van der Waals surface area contributed by atoms with E-state index in [0.717, 1.165) is 50.4 Å². The zero-order valence-corrected chi connectivity index (χ0v) is 14.3. The van der Waals surface area contributed by atoms with E-state index < -0.39 is 0 Å². The van der Waals surface area contributed by atoms with Gasteiger partial charge in [-0.2, -0.15) is 0 Å². The molecule has 0 amide bonds. The second-order valence-corrected chi connectivity index (χ2v) is 6.48. The van der Waals surface area contributed by atoms with Crippen LogP contribution in [-0.2, 0) is 19.3 Å². The van der Waals surface area contributed by atoms with Gasteiger partial charge in [-0.05, 0) is 30.5 Å². The van der Waals surface area contributed by atoms with E-state index >= 15 is 0 Å². The van der Waals surface area contributed by atoms with Crippen molar-refractivity contribution >= 4 is 0 Å². The topological polar surface area (TPSA) is 47.5 Å². The van der Waals surface area contributed by atoms with Crippen molar-refractivity contribution in [1.82, 2.24) is 14.9 Å². The van der Waals surface area contributed by atoms with Crippen LogP contribution in [0.15, 0.2) is 24.4 Å². The molecule has 126 valence electrons. The van der Waals surface area contributed by atoms with Crippen LogP contribution >= 0.6 is 0 Å². The lowest BCUT2D eigenvalue weighted by Crippen LogP contribution is -2.29. The summed E-state index contributed by atoms with van der Waals surface area (Å²) in [4.78, 5) is 11.7. The van der Waals surface area contributed by atoms with Crippen molar-refractivity contribution < 1.29 is 9.47 Å². The lowest BCUT2D eigenvalue weighted by Gasteiger charge is -2.27. The number of ether oxygens (including phenoxy) is 2. The second kappa shape index (κ2) is 6.40. The van der Waals surface area contributed by atoms with Gasteiger partial charge < -0.3 is 9.47 Å². The fraction of sp³-hybridized carbons (Fsp3) is 0.474. The maximum atomic E-state index is 5.67. The summed E-state index contributed by atoms with van der Waals surface area (Å²) in [5, 5.41) is 0. The molecular formula is C19H23N3O2. The van der Waals surface area contributed by atoms with Gasteiger partial charge in [0.05, 0.1) is 19.4 Å². The highest BCUT2D eigenvalue weighted by Crippen LogP contribution is 2.30. The highest BCUT2D eigenvalue weighted by Gasteiger charge is 2.23. The monoisotopic (exact) mass is 325 g/mol. The Morgan fingerprint density at radius 1 is 1.17 bits per heavy atom. The van der Waals surface area contributed by atoms with Crippen molar-refractivity contribution in [3.8, 4) is 11.6 Å². The van der Waals surface area contributed by atoms with Crippen molar-refractivity contribution in [2.45, 2.75) is 32.2 Å². The van der Waals surface area contributed by atoms with Crippen molar-refractivity contribution in [2.75, 3.05) is 26.8 Å². The van der Waals surface area contributed by atoms with Crippen LogP contribution in [0.2, 0.25) is 0 Å². The number of pyridine rings is 2. The summed E-state index contributed by atoms with van der Waals surface area (Å²) >= 11 is 0. The standard InChI is InChI=1S/C19H23N3O2/c1-13(15-11-18-17(20-12-15)7-10-24-18)22-8-5-14-3-4-19(23-2)21-16(14)6-9-22/h3-4,11-13H,5-10H2,1-2H3/t13-/m1/s1. The Labute approximate surface area is 142 Å². The minimum absolute atomic E-state index is 0.322. The minimum atomic E-state index is 0.322. The first-order valence-corrected chi connectivity index (χ1v) is 8.63. The Morgan fingerprint density at radius 2 is 2.04 bits per heavy atom. The maximum Gasteiger partial charge on any atom is 0.213 e. The molecule has 0 saturated carbocycles. The largest absolute Gasteiger partial charge is 0.491 e. The molecule has 0 bridgehead atoms. The molecule has 2 aromatic rings. The number of hydrogen-bond acceptors (Lipinski definition) is 5. The predicted octanol–water partition coefficient (Wildman–Crippen LogP) is 2.58. The number of fused-ring (bicyclic) bond motifs is 2. The molecule has 1 atom stereocenters. The van der Waals surface area contributed by atoms with E-state index in [1.165, 1.54) is 16.8 Å². The molecule has 0 N–H and O–H groups in total. The van der Waals surface area contributed by atoms with Crippen molar-refractivity contribution in [3.63, 3.8) is 0 Å². The number of aromatic nitrogens is 2. The van der Waals surface area contributed by atoms with E-state index in [1.54, 1.807) is 7.11 Å². The molecule has 5 heteroatoms. The third-order valence-electron chi connectivity index (χ3n) is 5.13. The molecule has 24 heavy (non-hydrogen) atoms. The van der Waals surface area contributed by atoms with Crippen LogP contribution in [0.25, 0.3) is 0 Å². The molecule has 4 heterocycles. The Balaban J connectivity index is 1.51. The molecule has 0 unspecified atom stereocenters. The smallest absolute Gasteiger partial charge is 0.213 e. The zero-order chi connectivity index (χ0) is 16.5. The van der Waals surface area contributed by atoms with Crippen LogP contribution < -0.4 is 9.47 Å². The number of hydrogen-bond donors (Lipinski definition) is 0. The van der Waals surface area contributed by atoms with Gasteiger partial charge in [0.2, 0.25) is 5.88 Å². The second-order valence-electron chi connectivity index (χ2n) is 6.48. The van der Waals surface area contributed by atoms with Gasteiger partial charge >= 0.3 is 0 Å². The summed E-state index contributed by atoms with van der Waals surface area (Å²) in [6.07, 6.45) is 4.91. The maximum absolute atomic E-state index is 5.67. The predicted molar refractivity (Wildman–Crippen MR) is 91.6 cm³/mol. The van der Waals surface area contributed by atoms with Crippen LogP contribution in [0.4, 0.5) is 0 Å². The molecular weight excluding hydrogens is 302 g/mol. The third kappa shape index (κ3) is 2.84. The van der Waals surface area contributed by atoms with Gasteiger partial charge in [-0.1, -0.05) is 6.07 Å². The van der Waals surface area contributed by atoms with E-state index in [-0.39, 0.29) is 0 Å². The van der Waals surface area contributed by atoms with E-state index in [0.29, 0.717) is 11.9 Å². The molecule has 0 spiro atoms. The van der Waals surface area contributed by atoms with E-state index in [4.69, 9.17) is 9.47 Å². The number of nitrogens with zero attached hydrogens (tertiary/aromatic N) is 3. The molecule has 2 aromatic heterocycles. The van der Waals surface area contributed by atoms with Crippen molar-refractivity contribution in [3.05, 3.63) is 46.9 Å². The van der Waals surface area contributed by atoms with Crippen molar-refractivity contribution in [1.29, 1.82) is 0 Å². The van der Waals surface area contributed by atoms with E-state index in [2.05, 4.69) is 33.9 Å². The van der Waals surface area contributed by atoms with Gasteiger partial charge in [-0.15, -0.1) is 0 Å². The average Bonchev–Trinajstić information content (AvgIpc) is 2.99. The molecule has 0 radical (unpaired) electrons. The van der Waals surface area contributed by atoms with Gasteiger partial charge in [-0.25, -0.2) is 4.98 Å². The average molecular weight is 325 g/mol. The summed E-state index contributed by atoms with van der Waals surface area (Å²) in [5.41, 5.74) is 4.82. The summed E-state index contributed by atoms with van der Waals surface area (Å²) < 4.78 is 10.9. The molecule has 0 aliphatic carbocycles. The number of methoxy groups -OCH3 is 1. The molecule has 0 fully saturated rings. The van der Waals surface area contributed by atoms with Crippen molar-refractivity contribution in [2.24, 2.45) is 0 Å². The first-order chi connectivity index (χ1) is 11.7. The van der Waals surface area contributed by atoms with Crippen LogP contribution in [0.5, 0.6) is 11.6 Å². The van der Waals surface area contributed by atoms with Crippen LogP contribution in [0.1, 0.15) is 35.5 Å². The van der Waals surface area contributed by atoms with E-state index in [9.17, 15) is 0 Å². The Bertz CT molecular complexity index is 747. The summed E-state index contributed by atoms with van der Waals surface area (Å²) in [6.45, 7) is 5.03. The molecule has 5 nitrogen and oxygen atoms in total. The fourth-order valence-corrected chi connectivity index (χ4v) is 3.58. The summed E-state index contributed by atoms with van der Waals surface area (Å²) in [7, 11) is 1.67. The lowest BCUT2D eigenvalue weighted by molar-refractivity contribution is 0.220.